The van der Waals surface area contributed by atoms with Crippen LogP contribution in [0.25, 0.3) is 11.5 Å². The Balaban J connectivity index is 2.13. The first-order valence-electron chi connectivity index (χ1n) is 5.96. The molecule has 2 aromatic rings. The molecule has 3 N–H and O–H groups in total. The Morgan fingerprint density at radius 3 is 2.81 bits per heavy atom. The summed E-state index contributed by atoms with van der Waals surface area (Å²) in [5.41, 5.74) is 5.49. The zero-order chi connectivity index (χ0) is 15.4. The molecule has 0 aliphatic carbocycles. The van der Waals surface area contributed by atoms with Crippen molar-refractivity contribution in [1.29, 1.82) is 0 Å². The van der Waals surface area contributed by atoms with Gasteiger partial charge in [-0.25, -0.2) is 9.37 Å². The lowest BCUT2D eigenvalue weighted by Gasteiger charge is -2.11. The molecule has 0 fully saturated rings. The molecule has 0 aromatic carbocycles. The number of amides is 2. The van der Waals surface area contributed by atoms with Crippen molar-refractivity contribution in [3.63, 3.8) is 0 Å². The van der Waals surface area contributed by atoms with Gasteiger partial charge < -0.3 is 15.6 Å². The standard InChI is InChI=1S/C11H11BFN5O3/c12-11(20)16-7(9(14)19)3-8-17-10(18-21-8)6-2-1-5(13)4-15-6/h1-2,4,7H,3,12H2,(H2,14,19)(H,16,20). The molecule has 0 aliphatic rings. The summed E-state index contributed by atoms with van der Waals surface area (Å²) in [6.45, 7) is 0. The number of carbonyl (C=O) groups excluding carboxylic acids is 2. The number of halogens is 1. The normalized spacial score (nSPS) is 11.9. The zero-order valence-corrected chi connectivity index (χ0v) is 11.0. The van der Waals surface area contributed by atoms with Crippen LogP contribution in [0, 0.1) is 5.82 Å². The maximum absolute atomic E-state index is 12.8. The number of hydrogen-bond acceptors (Lipinski definition) is 6. The lowest BCUT2D eigenvalue weighted by Crippen LogP contribution is -2.45. The second-order valence-corrected chi connectivity index (χ2v) is 4.23. The highest BCUT2D eigenvalue weighted by molar-refractivity contribution is 6.57. The summed E-state index contributed by atoms with van der Waals surface area (Å²) in [7, 11) is 1.26. The van der Waals surface area contributed by atoms with Crippen molar-refractivity contribution < 1.29 is 18.5 Å². The minimum absolute atomic E-state index is 0.0386. The summed E-state index contributed by atoms with van der Waals surface area (Å²) in [4.78, 5) is 30.0. The number of aromatic nitrogens is 3. The highest BCUT2D eigenvalue weighted by Crippen LogP contribution is 2.13. The number of rotatable bonds is 5. The second-order valence-electron chi connectivity index (χ2n) is 4.23. The smallest absolute Gasteiger partial charge is 0.240 e. The number of primary amides is 1. The van der Waals surface area contributed by atoms with Crippen molar-refractivity contribution in [1.82, 2.24) is 20.4 Å². The second kappa shape index (κ2) is 6.12. The van der Waals surface area contributed by atoms with Crippen LogP contribution in [0.1, 0.15) is 5.89 Å². The van der Waals surface area contributed by atoms with Gasteiger partial charge in [0.15, 0.2) is 5.81 Å². The highest BCUT2D eigenvalue weighted by atomic mass is 19.1. The van der Waals surface area contributed by atoms with E-state index < -0.39 is 23.6 Å². The van der Waals surface area contributed by atoms with Crippen LogP contribution in [0.5, 0.6) is 0 Å². The molecule has 2 aromatic heterocycles. The molecule has 0 spiro atoms. The summed E-state index contributed by atoms with van der Waals surface area (Å²) >= 11 is 0. The Labute approximate surface area is 119 Å². The van der Waals surface area contributed by atoms with Crippen molar-refractivity contribution in [2.45, 2.75) is 12.5 Å². The Morgan fingerprint density at radius 2 is 2.24 bits per heavy atom. The van der Waals surface area contributed by atoms with E-state index in [1.165, 1.54) is 20.0 Å². The Kier molecular flexibility index (Phi) is 4.26. The molecule has 8 nitrogen and oxygen atoms in total. The van der Waals surface area contributed by atoms with Gasteiger partial charge in [0, 0.05) is 0 Å². The van der Waals surface area contributed by atoms with Crippen molar-refractivity contribution in [2.24, 2.45) is 5.73 Å². The van der Waals surface area contributed by atoms with E-state index in [9.17, 15) is 14.0 Å². The van der Waals surface area contributed by atoms with E-state index >= 15 is 0 Å². The molecule has 0 saturated heterocycles. The Bertz CT molecular complexity index is 660. The predicted molar refractivity (Wildman–Crippen MR) is 71.2 cm³/mol. The molecule has 0 saturated carbocycles. The maximum Gasteiger partial charge on any atom is 0.240 e. The molecule has 0 bridgehead atoms. The van der Waals surface area contributed by atoms with E-state index in [4.69, 9.17) is 10.3 Å². The fourth-order valence-electron chi connectivity index (χ4n) is 1.59. The molecule has 108 valence electrons. The third-order valence-corrected chi connectivity index (χ3v) is 2.52. The topological polar surface area (TPSA) is 124 Å². The summed E-state index contributed by atoms with van der Waals surface area (Å²) in [6.07, 6.45) is 0.984. The first-order valence-corrected chi connectivity index (χ1v) is 5.96. The van der Waals surface area contributed by atoms with Crippen LogP contribution < -0.4 is 11.1 Å². The van der Waals surface area contributed by atoms with Gasteiger partial charge in [0.05, 0.1) is 12.6 Å². The van der Waals surface area contributed by atoms with E-state index in [0.29, 0.717) is 5.69 Å². The van der Waals surface area contributed by atoms with E-state index in [0.717, 1.165) is 6.20 Å². The van der Waals surface area contributed by atoms with Crippen LogP contribution in [0.15, 0.2) is 22.9 Å². The number of pyridine rings is 1. The zero-order valence-electron chi connectivity index (χ0n) is 11.0. The molecule has 1 unspecified atom stereocenters. The van der Waals surface area contributed by atoms with E-state index in [1.54, 1.807) is 0 Å². The van der Waals surface area contributed by atoms with Crippen molar-refractivity contribution >= 4 is 19.6 Å². The quantitative estimate of drug-likeness (QED) is 0.681. The molecule has 2 amide bonds. The molecule has 0 aliphatic heterocycles. The number of carbonyl (C=O) groups is 2. The summed E-state index contributed by atoms with van der Waals surface area (Å²) < 4.78 is 17.7. The number of nitrogens with two attached hydrogens (primary N) is 1. The largest absolute Gasteiger partial charge is 0.368 e. The molecule has 0 radical (unpaired) electrons. The van der Waals surface area contributed by atoms with Crippen molar-refractivity contribution in [3.05, 3.63) is 30.0 Å². The first-order chi connectivity index (χ1) is 9.95. The minimum atomic E-state index is -0.947. The van der Waals surface area contributed by atoms with Crippen LogP contribution in [0.3, 0.4) is 0 Å². The van der Waals surface area contributed by atoms with E-state index in [2.05, 4.69) is 20.4 Å². The van der Waals surface area contributed by atoms with Crippen molar-refractivity contribution in [3.8, 4) is 11.5 Å². The van der Waals surface area contributed by atoms with Crippen molar-refractivity contribution in [2.75, 3.05) is 0 Å². The Morgan fingerprint density at radius 1 is 1.48 bits per heavy atom. The summed E-state index contributed by atoms with van der Waals surface area (Å²) in [5.74, 6) is -1.35. The summed E-state index contributed by atoms with van der Waals surface area (Å²) in [6, 6.07) is 1.66. The Hall–Kier alpha value is -2.78. The molecule has 21 heavy (non-hydrogen) atoms. The van der Waals surface area contributed by atoms with Gasteiger partial charge in [-0.1, -0.05) is 5.16 Å². The van der Waals surface area contributed by atoms with E-state index in [-0.39, 0.29) is 18.1 Å². The van der Waals surface area contributed by atoms with Crippen LogP contribution in [-0.4, -0.2) is 40.7 Å². The summed E-state index contributed by atoms with van der Waals surface area (Å²) in [5, 5.41) is 6.05. The monoisotopic (exact) mass is 291 g/mol. The molecule has 2 heterocycles. The molecule has 2 rings (SSSR count). The lowest BCUT2D eigenvalue weighted by molar-refractivity contribution is -0.119. The molecular weight excluding hydrogens is 280 g/mol. The van der Waals surface area contributed by atoms with E-state index in [1.807, 2.05) is 0 Å². The minimum Gasteiger partial charge on any atom is -0.368 e. The first kappa shape index (κ1) is 14.6. The van der Waals surface area contributed by atoms with Gasteiger partial charge in [0.2, 0.25) is 25.5 Å². The van der Waals surface area contributed by atoms with Gasteiger partial charge >= 0.3 is 0 Å². The lowest BCUT2D eigenvalue weighted by atomic mass is 10.1. The van der Waals surface area contributed by atoms with Crippen LogP contribution in [0.4, 0.5) is 9.18 Å². The van der Waals surface area contributed by atoms with Gasteiger partial charge in [0.25, 0.3) is 0 Å². The fourth-order valence-corrected chi connectivity index (χ4v) is 1.59. The number of nitrogens with zero attached hydrogens (tertiary/aromatic N) is 3. The van der Waals surface area contributed by atoms with Gasteiger partial charge in [-0.15, -0.1) is 0 Å². The van der Waals surface area contributed by atoms with Gasteiger partial charge in [-0.05, 0) is 12.1 Å². The number of hydrogen-bond donors (Lipinski definition) is 2. The maximum atomic E-state index is 12.8. The van der Waals surface area contributed by atoms with Crippen LogP contribution in [-0.2, 0) is 11.2 Å². The molecule has 10 heteroatoms. The average molecular weight is 291 g/mol. The average Bonchev–Trinajstić information content (AvgIpc) is 2.87. The highest BCUT2D eigenvalue weighted by Gasteiger charge is 2.21. The van der Waals surface area contributed by atoms with Gasteiger partial charge in [0.1, 0.15) is 17.6 Å². The van der Waals surface area contributed by atoms with Gasteiger partial charge in [-0.3, -0.25) is 9.59 Å². The van der Waals surface area contributed by atoms with Crippen LogP contribution >= 0.6 is 0 Å². The fraction of sp³-hybridized carbons (Fsp3) is 0.182. The van der Waals surface area contributed by atoms with Gasteiger partial charge in [-0.2, -0.15) is 4.98 Å². The SMILES string of the molecule is BC(=O)NC(Cc1nc(-c2ccc(F)cn2)no1)C(N)=O. The van der Waals surface area contributed by atoms with Crippen LogP contribution in [0.2, 0.25) is 0 Å². The predicted octanol–water partition coefficient (Wildman–Crippen LogP) is -0.990. The molecule has 1 atom stereocenters. The molecular formula is C11H11BFN5O3. The third-order valence-electron chi connectivity index (χ3n) is 2.52. The third kappa shape index (κ3) is 3.84. The number of nitrogens with one attached hydrogen (secondary N) is 1.